The fraction of sp³-hybridized carbons (Fsp3) is 0.286. The van der Waals surface area contributed by atoms with Crippen molar-refractivity contribution >= 4 is 11.6 Å². The largest absolute Gasteiger partial charge is 0.468 e. The van der Waals surface area contributed by atoms with Gasteiger partial charge in [0.25, 0.3) is 5.88 Å². The number of benzene rings is 1. The highest BCUT2D eigenvalue weighted by Gasteiger charge is 2.13. The molecule has 0 bridgehead atoms. The van der Waals surface area contributed by atoms with Crippen LogP contribution in [0.4, 0.5) is 0 Å². The van der Waals surface area contributed by atoms with E-state index in [1.54, 1.807) is 0 Å². The summed E-state index contributed by atoms with van der Waals surface area (Å²) in [6, 6.07) is 9.94. The molecule has 0 N–H and O–H groups in total. The van der Waals surface area contributed by atoms with Gasteiger partial charge in [-0.15, -0.1) is 0 Å². The van der Waals surface area contributed by atoms with Crippen molar-refractivity contribution in [2.75, 3.05) is 0 Å². The van der Waals surface area contributed by atoms with Crippen molar-refractivity contribution in [1.82, 2.24) is 9.97 Å². The molecule has 0 saturated heterocycles. The second-order valence-corrected chi connectivity index (χ2v) is 4.52. The van der Waals surface area contributed by atoms with E-state index in [9.17, 15) is 0 Å². The van der Waals surface area contributed by atoms with Gasteiger partial charge in [-0.05, 0) is 26.3 Å². The van der Waals surface area contributed by atoms with Gasteiger partial charge in [-0.1, -0.05) is 41.9 Å². The van der Waals surface area contributed by atoms with E-state index in [0.717, 1.165) is 17.0 Å². The molecule has 0 fully saturated rings. The first-order valence-electron chi connectivity index (χ1n) is 5.80. The molecule has 1 atom stereocenters. The fourth-order valence-electron chi connectivity index (χ4n) is 1.59. The summed E-state index contributed by atoms with van der Waals surface area (Å²) >= 11 is 6.03. The lowest BCUT2D eigenvalue weighted by atomic mass is 10.1. The second kappa shape index (κ2) is 5.36. The Balaban J connectivity index is 2.22. The number of nitrogens with zero attached hydrogens (tertiary/aromatic N) is 2. The fourth-order valence-corrected chi connectivity index (χ4v) is 1.80. The maximum Gasteiger partial charge on any atom is 0.252 e. The molecule has 1 aromatic carbocycles. The zero-order valence-electron chi connectivity index (χ0n) is 10.6. The Kier molecular flexibility index (Phi) is 3.82. The number of hydrogen-bond acceptors (Lipinski definition) is 3. The first-order chi connectivity index (χ1) is 8.58. The maximum atomic E-state index is 6.03. The average Bonchev–Trinajstić information content (AvgIpc) is 2.37. The van der Waals surface area contributed by atoms with Crippen molar-refractivity contribution in [2.24, 2.45) is 0 Å². The Hall–Kier alpha value is -1.61. The highest BCUT2D eigenvalue weighted by Crippen LogP contribution is 2.26. The van der Waals surface area contributed by atoms with Crippen LogP contribution in [0.3, 0.4) is 0 Å². The normalized spacial score (nSPS) is 12.2. The van der Waals surface area contributed by atoms with Crippen LogP contribution in [-0.2, 0) is 0 Å². The molecule has 4 heteroatoms. The minimum Gasteiger partial charge on any atom is -0.468 e. The predicted octanol–water partition coefficient (Wildman–Crippen LogP) is 3.89. The smallest absolute Gasteiger partial charge is 0.252 e. The van der Waals surface area contributed by atoms with Gasteiger partial charge in [-0.3, -0.25) is 0 Å². The van der Waals surface area contributed by atoms with Gasteiger partial charge in [0, 0.05) is 0 Å². The summed E-state index contributed by atoms with van der Waals surface area (Å²) in [7, 11) is 0. The Morgan fingerprint density at radius 2 is 1.67 bits per heavy atom. The zero-order valence-corrected chi connectivity index (χ0v) is 11.4. The molecule has 0 aliphatic rings. The minimum atomic E-state index is -0.111. The van der Waals surface area contributed by atoms with Crippen LogP contribution in [0.2, 0.25) is 5.15 Å². The molecule has 0 spiro atoms. The monoisotopic (exact) mass is 262 g/mol. The molecular weight excluding hydrogens is 248 g/mol. The zero-order chi connectivity index (χ0) is 13.1. The Labute approximate surface area is 112 Å². The maximum absolute atomic E-state index is 6.03. The van der Waals surface area contributed by atoms with Crippen LogP contribution >= 0.6 is 11.6 Å². The summed E-state index contributed by atoms with van der Waals surface area (Å²) in [6.45, 7) is 5.72. The second-order valence-electron chi connectivity index (χ2n) is 4.16. The van der Waals surface area contributed by atoms with Gasteiger partial charge in [0.2, 0.25) is 0 Å². The Morgan fingerprint density at radius 3 is 2.33 bits per heavy atom. The summed E-state index contributed by atoms with van der Waals surface area (Å²) in [6.07, 6.45) is -0.111. The molecule has 18 heavy (non-hydrogen) atoms. The molecule has 94 valence electrons. The van der Waals surface area contributed by atoms with Gasteiger partial charge in [0.1, 0.15) is 6.10 Å². The summed E-state index contributed by atoms with van der Waals surface area (Å²) in [5, 5.41) is 0.306. The van der Waals surface area contributed by atoms with Crippen molar-refractivity contribution in [3.8, 4) is 5.88 Å². The van der Waals surface area contributed by atoms with E-state index >= 15 is 0 Å². The number of hydrogen-bond donors (Lipinski definition) is 0. The standard InChI is InChI=1S/C14H15ClN2O/c1-9-10(2)17-14(13(15)16-9)18-11(3)12-7-5-4-6-8-12/h4-8,11H,1-3H3. The molecule has 0 amide bonds. The van der Waals surface area contributed by atoms with E-state index in [0.29, 0.717) is 11.0 Å². The van der Waals surface area contributed by atoms with E-state index in [4.69, 9.17) is 16.3 Å². The molecule has 3 nitrogen and oxygen atoms in total. The Bertz CT molecular complexity index is 543. The van der Waals surface area contributed by atoms with E-state index in [2.05, 4.69) is 9.97 Å². The lowest BCUT2D eigenvalue weighted by molar-refractivity contribution is 0.216. The molecule has 0 aliphatic carbocycles. The number of aryl methyl sites for hydroxylation is 2. The summed E-state index contributed by atoms with van der Waals surface area (Å²) < 4.78 is 5.76. The third kappa shape index (κ3) is 2.79. The molecule has 1 unspecified atom stereocenters. The molecule has 2 rings (SSSR count). The van der Waals surface area contributed by atoms with Gasteiger partial charge in [0.05, 0.1) is 11.4 Å². The first-order valence-corrected chi connectivity index (χ1v) is 6.18. The van der Waals surface area contributed by atoms with Gasteiger partial charge < -0.3 is 4.74 Å². The predicted molar refractivity (Wildman–Crippen MR) is 72.0 cm³/mol. The highest BCUT2D eigenvalue weighted by atomic mass is 35.5. The van der Waals surface area contributed by atoms with Crippen LogP contribution in [0.5, 0.6) is 5.88 Å². The van der Waals surface area contributed by atoms with E-state index in [1.807, 2.05) is 51.1 Å². The number of halogens is 1. The van der Waals surface area contributed by atoms with Gasteiger partial charge >= 0.3 is 0 Å². The van der Waals surface area contributed by atoms with Crippen molar-refractivity contribution in [3.63, 3.8) is 0 Å². The van der Waals surface area contributed by atoms with E-state index < -0.39 is 0 Å². The van der Waals surface area contributed by atoms with Crippen LogP contribution in [0.1, 0.15) is 30.0 Å². The number of aromatic nitrogens is 2. The van der Waals surface area contributed by atoms with Gasteiger partial charge in [-0.25, -0.2) is 9.97 Å². The van der Waals surface area contributed by atoms with Crippen LogP contribution in [0.15, 0.2) is 30.3 Å². The quantitative estimate of drug-likeness (QED) is 0.842. The van der Waals surface area contributed by atoms with E-state index in [1.165, 1.54) is 0 Å². The van der Waals surface area contributed by atoms with E-state index in [-0.39, 0.29) is 6.10 Å². The van der Waals surface area contributed by atoms with Gasteiger partial charge in [0.15, 0.2) is 5.15 Å². The molecular formula is C14H15ClN2O. The van der Waals surface area contributed by atoms with Crippen molar-refractivity contribution in [3.05, 3.63) is 52.4 Å². The first kappa shape index (κ1) is 12.8. The molecule has 1 aromatic heterocycles. The SMILES string of the molecule is Cc1nc(Cl)c(OC(C)c2ccccc2)nc1C. The third-order valence-electron chi connectivity index (χ3n) is 2.79. The van der Waals surface area contributed by atoms with Crippen LogP contribution in [-0.4, -0.2) is 9.97 Å². The molecule has 0 radical (unpaired) electrons. The number of ether oxygens (including phenoxy) is 1. The lowest BCUT2D eigenvalue weighted by Gasteiger charge is -2.15. The third-order valence-corrected chi connectivity index (χ3v) is 3.04. The van der Waals surface area contributed by atoms with Crippen molar-refractivity contribution in [2.45, 2.75) is 26.9 Å². The van der Waals surface area contributed by atoms with Crippen LogP contribution in [0.25, 0.3) is 0 Å². The van der Waals surface area contributed by atoms with Crippen molar-refractivity contribution in [1.29, 1.82) is 0 Å². The summed E-state index contributed by atoms with van der Waals surface area (Å²) in [5.74, 6) is 0.385. The topological polar surface area (TPSA) is 35.0 Å². The van der Waals surface area contributed by atoms with Crippen LogP contribution < -0.4 is 4.74 Å². The Morgan fingerprint density at radius 1 is 1.06 bits per heavy atom. The average molecular weight is 263 g/mol. The summed E-state index contributed by atoms with van der Waals surface area (Å²) in [4.78, 5) is 8.52. The molecule has 0 saturated carbocycles. The minimum absolute atomic E-state index is 0.111. The lowest BCUT2D eigenvalue weighted by Crippen LogP contribution is -2.06. The van der Waals surface area contributed by atoms with Crippen molar-refractivity contribution < 1.29 is 4.74 Å². The van der Waals surface area contributed by atoms with Crippen LogP contribution in [0, 0.1) is 13.8 Å². The number of rotatable bonds is 3. The molecule has 0 aliphatic heterocycles. The van der Waals surface area contributed by atoms with Gasteiger partial charge in [-0.2, -0.15) is 0 Å². The summed E-state index contributed by atoms with van der Waals surface area (Å²) in [5.41, 5.74) is 2.72. The molecule has 2 aromatic rings. The molecule has 1 heterocycles. The highest BCUT2D eigenvalue weighted by molar-refractivity contribution is 6.30.